The van der Waals surface area contributed by atoms with E-state index in [9.17, 15) is 4.79 Å². The van der Waals surface area contributed by atoms with E-state index in [4.69, 9.17) is 4.74 Å². The zero-order valence-electron chi connectivity index (χ0n) is 11.1. The predicted octanol–water partition coefficient (Wildman–Crippen LogP) is 2.42. The molecule has 0 aliphatic heterocycles. The summed E-state index contributed by atoms with van der Waals surface area (Å²) in [6.07, 6.45) is 0.683. The Morgan fingerprint density at radius 3 is 2.24 bits per heavy atom. The van der Waals surface area contributed by atoms with Crippen LogP contribution < -0.4 is 0 Å². The number of hydrogen-bond acceptors (Lipinski definition) is 3. The summed E-state index contributed by atoms with van der Waals surface area (Å²) in [6.45, 7) is 4.24. The molecule has 17 heavy (non-hydrogen) atoms. The molecule has 3 nitrogen and oxygen atoms in total. The van der Waals surface area contributed by atoms with Crippen LogP contribution in [-0.4, -0.2) is 31.6 Å². The topological polar surface area (TPSA) is 29.5 Å². The van der Waals surface area contributed by atoms with Gasteiger partial charge in [0.05, 0.1) is 6.61 Å². The van der Waals surface area contributed by atoms with Crippen molar-refractivity contribution in [2.45, 2.75) is 25.8 Å². The summed E-state index contributed by atoms with van der Waals surface area (Å²) in [4.78, 5) is 14.2. The molecule has 1 unspecified atom stereocenters. The summed E-state index contributed by atoms with van der Waals surface area (Å²) in [5.74, 6) is -0.182. The van der Waals surface area contributed by atoms with Gasteiger partial charge in [-0.1, -0.05) is 37.3 Å². The Hall–Kier alpha value is -1.35. The van der Waals surface area contributed by atoms with Crippen LogP contribution in [0.5, 0.6) is 0 Å². The van der Waals surface area contributed by atoms with Gasteiger partial charge in [0.1, 0.15) is 5.54 Å². The maximum absolute atomic E-state index is 12.3. The Bertz CT molecular complexity index is 362. The lowest BCUT2D eigenvalue weighted by atomic mass is 9.86. The van der Waals surface area contributed by atoms with Crippen molar-refractivity contribution >= 4 is 5.97 Å². The van der Waals surface area contributed by atoms with Crippen molar-refractivity contribution in [3.63, 3.8) is 0 Å². The number of esters is 1. The zero-order chi connectivity index (χ0) is 12.9. The van der Waals surface area contributed by atoms with E-state index in [1.165, 1.54) is 0 Å². The highest BCUT2D eigenvalue weighted by Gasteiger charge is 2.42. The van der Waals surface area contributed by atoms with Gasteiger partial charge in [-0.2, -0.15) is 0 Å². The maximum Gasteiger partial charge on any atom is 0.331 e. The Kier molecular flexibility index (Phi) is 4.70. The van der Waals surface area contributed by atoms with Gasteiger partial charge in [-0.05, 0) is 33.0 Å². The number of ether oxygens (including phenoxy) is 1. The van der Waals surface area contributed by atoms with E-state index in [-0.39, 0.29) is 5.97 Å². The quantitative estimate of drug-likeness (QED) is 0.734. The monoisotopic (exact) mass is 235 g/mol. The second-order valence-corrected chi connectivity index (χ2v) is 4.19. The molecule has 0 aromatic heterocycles. The van der Waals surface area contributed by atoms with Gasteiger partial charge in [-0.3, -0.25) is 4.90 Å². The maximum atomic E-state index is 12.3. The van der Waals surface area contributed by atoms with E-state index in [2.05, 4.69) is 0 Å². The van der Waals surface area contributed by atoms with Crippen LogP contribution in [0, 0.1) is 0 Å². The fourth-order valence-electron chi connectivity index (χ4n) is 2.19. The third-order valence-electron chi connectivity index (χ3n) is 3.14. The number of nitrogens with zero attached hydrogens (tertiary/aromatic N) is 1. The minimum atomic E-state index is -0.683. The molecule has 1 aromatic rings. The highest BCUT2D eigenvalue weighted by Crippen LogP contribution is 2.31. The summed E-state index contributed by atoms with van der Waals surface area (Å²) in [6, 6.07) is 9.79. The van der Waals surface area contributed by atoms with Crippen molar-refractivity contribution < 1.29 is 9.53 Å². The minimum absolute atomic E-state index is 0.182. The van der Waals surface area contributed by atoms with Crippen molar-refractivity contribution in [1.82, 2.24) is 4.90 Å². The van der Waals surface area contributed by atoms with Crippen LogP contribution in [-0.2, 0) is 15.1 Å². The number of rotatable bonds is 5. The zero-order valence-corrected chi connectivity index (χ0v) is 11.1. The van der Waals surface area contributed by atoms with Crippen LogP contribution in [0.15, 0.2) is 30.3 Å². The van der Waals surface area contributed by atoms with Crippen LogP contribution >= 0.6 is 0 Å². The number of benzene rings is 1. The number of likely N-dealkylation sites (N-methyl/N-ethyl adjacent to an activating group) is 1. The van der Waals surface area contributed by atoms with Gasteiger partial charge in [-0.15, -0.1) is 0 Å². The normalized spacial score (nSPS) is 14.4. The first-order valence-corrected chi connectivity index (χ1v) is 5.99. The SMILES string of the molecule is CCOC(=O)C(CC)(c1ccccc1)N(C)C. The lowest BCUT2D eigenvalue weighted by molar-refractivity contribution is -0.157. The highest BCUT2D eigenvalue weighted by molar-refractivity contribution is 5.82. The minimum Gasteiger partial charge on any atom is -0.464 e. The molecular formula is C14H21NO2. The number of carbonyl (C=O) groups is 1. The van der Waals surface area contributed by atoms with Crippen LogP contribution in [0.4, 0.5) is 0 Å². The first-order chi connectivity index (χ1) is 8.09. The first-order valence-electron chi connectivity index (χ1n) is 5.99. The molecule has 1 rings (SSSR count). The smallest absolute Gasteiger partial charge is 0.331 e. The molecule has 0 aliphatic carbocycles. The summed E-state index contributed by atoms with van der Waals surface area (Å²) in [5.41, 5.74) is 0.294. The van der Waals surface area contributed by atoms with Crippen molar-refractivity contribution in [2.24, 2.45) is 0 Å². The molecule has 0 heterocycles. The van der Waals surface area contributed by atoms with Gasteiger partial charge in [0.2, 0.25) is 0 Å². The van der Waals surface area contributed by atoms with Gasteiger partial charge in [-0.25, -0.2) is 4.79 Å². The lowest BCUT2D eigenvalue weighted by Gasteiger charge is -2.37. The molecule has 0 amide bonds. The van der Waals surface area contributed by atoms with Gasteiger partial charge < -0.3 is 4.74 Å². The second kappa shape index (κ2) is 5.82. The Morgan fingerprint density at radius 2 is 1.82 bits per heavy atom. The molecule has 1 aromatic carbocycles. The van der Waals surface area contributed by atoms with E-state index in [0.717, 1.165) is 5.56 Å². The first kappa shape index (κ1) is 13.7. The van der Waals surface area contributed by atoms with Crippen LogP contribution in [0.2, 0.25) is 0 Å². The number of hydrogen-bond donors (Lipinski definition) is 0. The van der Waals surface area contributed by atoms with Gasteiger partial charge in [0.25, 0.3) is 0 Å². The molecule has 0 saturated heterocycles. The third kappa shape index (κ3) is 2.50. The fraction of sp³-hybridized carbons (Fsp3) is 0.500. The summed E-state index contributed by atoms with van der Waals surface area (Å²) < 4.78 is 5.23. The average Bonchev–Trinajstić information content (AvgIpc) is 2.32. The van der Waals surface area contributed by atoms with Gasteiger partial charge >= 0.3 is 5.97 Å². The van der Waals surface area contributed by atoms with Crippen molar-refractivity contribution in [2.75, 3.05) is 20.7 Å². The Morgan fingerprint density at radius 1 is 1.24 bits per heavy atom. The molecule has 0 saturated carbocycles. The van der Waals surface area contributed by atoms with Gasteiger partial charge in [0, 0.05) is 0 Å². The molecule has 3 heteroatoms. The van der Waals surface area contributed by atoms with Crippen LogP contribution in [0.25, 0.3) is 0 Å². The fourth-order valence-corrected chi connectivity index (χ4v) is 2.19. The Balaban J connectivity index is 3.23. The Labute approximate surface area is 103 Å². The predicted molar refractivity (Wildman–Crippen MR) is 68.7 cm³/mol. The summed E-state index contributed by atoms with van der Waals surface area (Å²) in [7, 11) is 3.82. The van der Waals surface area contributed by atoms with Crippen molar-refractivity contribution in [3.05, 3.63) is 35.9 Å². The average molecular weight is 235 g/mol. The van der Waals surface area contributed by atoms with Crippen molar-refractivity contribution in [1.29, 1.82) is 0 Å². The van der Waals surface area contributed by atoms with E-state index < -0.39 is 5.54 Å². The third-order valence-corrected chi connectivity index (χ3v) is 3.14. The molecule has 0 bridgehead atoms. The lowest BCUT2D eigenvalue weighted by Crippen LogP contribution is -2.48. The van der Waals surface area contributed by atoms with E-state index >= 15 is 0 Å². The molecule has 0 spiro atoms. The molecule has 1 atom stereocenters. The van der Waals surface area contributed by atoms with E-state index in [1.807, 2.05) is 63.2 Å². The van der Waals surface area contributed by atoms with E-state index in [0.29, 0.717) is 13.0 Å². The molecular weight excluding hydrogens is 214 g/mol. The van der Waals surface area contributed by atoms with Crippen molar-refractivity contribution in [3.8, 4) is 0 Å². The molecule has 0 N–H and O–H groups in total. The van der Waals surface area contributed by atoms with Crippen LogP contribution in [0.1, 0.15) is 25.8 Å². The van der Waals surface area contributed by atoms with E-state index in [1.54, 1.807) is 0 Å². The second-order valence-electron chi connectivity index (χ2n) is 4.19. The number of carbonyl (C=O) groups excluding carboxylic acids is 1. The largest absolute Gasteiger partial charge is 0.464 e. The molecule has 0 fully saturated rings. The summed E-state index contributed by atoms with van der Waals surface area (Å²) >= 11 is 0. The standard InChI is InChI=1S/C14H21NO2/c1-5-14(15(3)4,13(16)17-6-2)12-10-8-7-9-11-12/h7-11H,5-6H2,1-4H3. The summed E-state index contributed by atoms with van der Waals surface area (Å²) in [5, 5.41) is 0. The molecule has 94 valence electrons. The van der Waals surface area contributed by atoms with Crippen LogP contribution in [0.3, 0.4) is 0 Å². The molecule has 0 aliphatic rings. The van der Waals surface area contributed by atoms with Gasteiger partial charge in [0.15, 0.2) is 0 Å². The molecule has 0 radical (unpaired) electrons. The highest BCUT2D eigenvalue weighted by atomic mass is 16.5.